The van der Waals surface area contributed by atoms with Gasteiger partial charge in [-0.25, -0.2) is 9.97 Å². The summed E-state index contributed by atoms with van der Waals surface area (Å²) in [4.78, 5) is 20.4. The van der Waals surface area contributed by atoms with Gasteiger partial charge in [0, 0.05) is 24.9 Å². The van der Waals surface area contributed by atoms with Gasteiger partial charge in [0.25, 0.3) is 5.91 Å². The first-order valence-electron chi connectivity index (χ1n) is 7.40. The number of hydrogen-bond acceptors (Lipinski definition) is 5. The van der Waals surface area contributed by atoms with Crippen molar-refractivity contribution < 1.29 is 4.79 Å². The van der Waals surface area contributed by atoms with E-state index in [1.807, 2.05) is 23.6 Å². The van der Waals surface area contributed by atoms with E-state index in [1.165, 1.54) is 23.2 Å². The smallest absolute Gasteiger partial charge is 0.270 e. The molecule has 3 rings (SSSR count). The molecule has 0 spiro atoms. The molecule has 0 saturated carbocycles. The molecule has 6 nitrogen and oxygen atoms in total. The molecule has 0 unspecified atom stereocenters. The van der Waals surface area contributed by atoms with Crippen molar-refractivity contribution in [3.8, 4) is 0 Å². The summed E-state index contributed by atoms with van der Waals surface area (Å²) in [7, 11) is 0. The van der Waals surface area contributed by atoms with Crippen molar-refractivity contribution in [1.82, 2.24) is 25.1 Å². The lowest BCUT2D eigenvalue weighted by Crippen LogP contribution is -2.25. The van der Waals surface area contributed by atoms with E-state index in [0.717, 1.165) is 24.4 Å². The van der Waals surface area contributed by atoms with Gasteiger partial charge in [-0.15, -0.1) is 11.3 Å². The third-order valence-corrected chi connectivity index (χ3v) is 4.15. The molecular weight excluding hydrogens is 310 g/mol. The van der Waals surface area contributed by atoms with Crippen LogP contribution in [-0.4, -0.2) is 32.2 Å². The number of thiazole rings is 1. The van der Waals surface area contributed by atoms with Crippen LogP contribution in [0.5, 0.6) is 0 Å². The molecule has 2 heterocycles. The molecule has 0 atom stereocenters. The van der Waals surface area contributed by atoms with E-state index in [-0.39, 0.29) is 5.91 Å². The largest absolute Gasteiger partial charge is 0.351 e. The molecule has 0 aliphatic rings. The Hall–Kier alpha value is -2.54. The van der Waals surface area contributed by atoms with Crippen LogP contribution in [0.1, 0.15) is 27.5 Å². The number of aryl methyl sites for hydroxylation is 1. The number of rotatable bonds is 7. The molecule has 1 N–H and O–H groups in total. The van der Waals surface area contributed by atoms with Gasteiger partial charge in [0.2, 0.25) is 0 Å². The van der Waals surface area contributed by atoms with Gasteiger partial charge >= 0.3 is 0 Å². The van der Waals surface area contributed by atoms with Crippen molar-refractivity contribution in [3.63, 3.8) is 0 Å². The van der Waals surface area contributed by atoms with Gasteiger partial charge in [-0.3, -0.25) is 9.48 Å². The summed E-state index contributed by atoms with van der Waals surface area (Å²) >= 11 is 1.52. The van der Waals surface area contributed by atoms with Crippen LogP contribution in [0, 0.1) is 0 Å². The van der Waals surface area contributed by atoms with Crippen LogP contribution < -0.4 is 5.32 Å². The molecule has 0 fully saturated rings. The summed E-state index contributed by atoms with van der Waals surface area (Å²) in [5.41, 5.74) is 1.68. The maximum atomic E-state index is 12.1. The molecule has 0 aliphatic carbocycles. The number of nitrogens with zero attached hydrogens (tertiary/aromatic N) is 4. The third-order valence-electron chi connectivity index (χ3n) is 3.30. The first-order valence-corrected chi connectivity index (χ1v) is 8.28. The lowest BCUT2D eigenvalue weighted by atomic mass is 10.2. The normalized spacial score (nSPS) is 10.6. The Kier molecular flexibility index (Phi) is 5.10. The fraction of sp³-hybridized carbons (Fsp3) is 0.250. The summed E-state index contributed by atoms with van der Waals surface area (Å²) in [6.45, 7) is 1.32. The predicted octanol–water partition coefficient (Wildman–Crippen LogP) is 2.15. The molecule has 1 aromatic carbocycles. The van der Waals surface area contributed by atoms with Crippen LogP contribution in [0.2, 0.25) is 0 Å². The molecule has 0 aliphatic heterocycles. The molecule has 118 valence electrons. The number of amides is 1. The molecular formula is C16H17N5OS. The molecule has 2 aromatic heterocycles. The van der Waals surface area contributed by atoms with E-state index < -0.39 is 0 Å². The standard InChI is InChI=1S/C16H17N5OS/c22-16(18-7-4-8-21-12-17-11-19-21)14-10-23-15(20-14)9-13-5-2-1-3-6-13/h1-3,5-6,10-12H,4,7-9H2,(H,18,22). The lowest BCUT2D eigenvalue weighted by molar-refractivity contribution is 0.0948. The van der Waals surface area contributed by atoms with Gasteiger partial charge in [0.05, 0.1) is 5.01 Å². The Morgan fingerprint density at radius 1 is 1.26 bits per heavy atom. The highest BCUT2D eigenvalue weighted by atomic mass is 32.1. The Labute approximate surface area is 138 Å². The number of carbonyl (C=O) groups excluding carboxylic acids is 1. The second kappa shape index (κ2) is 7.64. The molecule has 0 saturated heterocycles. The molecule has 3 aromatic rings. The fourth-order valence-electron chi connectivity index (χ4n) is 2.15. The van der Waals surface area contributed by atoms with Crippen molar-refractivity contribution in [3.05, 3.63) is 64.6 Å². The van der Waals surface area contributed by atoms with Gasteiger partial charge < -0.3 is 5.32 Å². The van der Waals surface area contributed by atoms with Crippen LogP contribution in [-0.2, 0) is 13.0 Å². The molecule has 7 heteroatoms. The van der Waals surface area contributed by atoms with E-state index in [4.69, 9.17) is 0 Å². The summed E-state index contributed by atoms with van der Waals surface area (Å²) in [6, 6.07) is 10.1. The first kappa shape index (κ1) is 15.4. The number of hydrogen-bond donors (Lipinski definition) is 1. The van der Waals surface area contributed by atoms with Gasteiger partial charge in [0.1, 0.15) is 18.3 Å². The van der Waals surface area contributed by atoms with E-state index in [9.17, 15) is 4.79 Å². The van der Waals surface area contributed by atoms with E-state index in [2.05, 4.69) is 32.5 Å². The van der Waals surface area contributed by atoms with E-state index in [0.29, 0.717) is 12.2 Å². The summed E-state index contributed by atoms with van der Waals surface area (Å²) in [5, 5.41) is 9.66. The number of carbonyl (C=O) groups is 1. The molecule has 1 amide bonds. The summed E-state index contributed by atoms with van der Waals surface area (Å²) < 4.78 is 1.74. The van der Waals surface area contributed by atoms with Gasteiger partial charge in [-0.05, 0) is 12.0 Å². The molecule has 0 radical (unpaired) electrons. The van der Waals surface area contributed by atoms with Gasteiger partial charge in [0.15, 0.2) is 0 Å². The zero-order valence-corrected chi connectivity index (χ0v) is 13.4. The third kappa shape index (κ3) is 4.46. The van der Waals surface area contributed by atoms with Crippen LogP contribution in [0.3, 0.4) is 0 Å². The van der Waals surface area contributed by atoms with Gasteiger partial charge in [-0.2, -0.15) is 5.10 Å². The quantitative estimate of drug-likeness (QED) is 0.675. The highest BCUT2D eigenvalue weighted by Gasteiger charge is 2.10. The van der Waals surface area contributed by atoms with Gasteiger partial charge in [-0.1, -0.05) is 30.3 Å². The Morgan fingerprint density at radius 2 is 2.13 bits per heavy atom. The van der Waals surface area contributed by atoms with Crippen molar-refractivity contribution in [2.45, 2.75) is 19.4 Å². The van der Waals surface area contributed by atoms with Crippen molar-refractivity contribution in [2.24, 2.45) is 0 Å². The highest BCUT2D eigenvalue weighted by molar-refractivity contribution is 7.09. The number of nitrogens with one attached hydrogen (secondary N) is 1. The average molecular weight is 327 g/mol. The minimum Gasteiger partial charge on any atom is -0.351 e. The van der Waals surface area contributed by atoms with Crippen LogP contribution >= 0.6 is 11.3 Å². The Bertz CT molecular complexity index is 739. The van der Waals surface area contributed by atoms with Crippen molar-refractivity contribution in [2.75, 3.05) is 6.54 Å². The second-order valence-electron chi connectivity index (χ2n) is 5.06. The second-order valence-corrected chi connectivity index (χ2v) is 6.00. The van der Waals surface area contributed by atoms with Crippen LogP contribution in [0.15, 0.2) is 48.4 Å². The molecule has 0 bridgehead atoms. The Balaban J connectivity index is 1.46. The highest BCUT2D eigenvalue weighted by Crippen LogP contribution is 2.14. The Morgan fingerprint density at radius 3 is 2.91 bits per heavy atom. The number of aromatic nitrogens is 4. The minimum atomic E-state index is -0.126. The van der Waals surface area contributed by atoms with Crippen molar-refractivity contribution >= 4 is 17.2 Å². The van der Waals surface area contributed by atoms with Crippen molar-refractivity contribution in [1.29, 1.82) is 0 Å². The fourth-order valence-corrected chi connectivity index (χ4v) is 2.96. The van der Waals surface area contributed by atoms with Crippen LogP contribution in [0.25, 0.3) is 0 Å². The van der Waals surface area contributed by atoms with Crippen LogP contribution in [0.4, 0.5) is 0 Å². The topological polar surface area (TPSA) is 72.7 Å². The number of benzene rings is 1. The molecule has 23 heavy (non-hydrogen) atoms. The average Bonchev–Trinajstić information content (AvgIpc) is 3.24. The van der Waals surface area contributed by atoms with E-state index >= 15 is 0 Å². The first-order chi connectivity index (χ1) is 11.3. The SMILES string of the molecule is O=C(NCCCn1cncn1)c1csc(Cc2ccccc2)n1. The summed E-state index contributed by atoms with van der Waals surface area (Å²) in [6.07, 6.45) is 4.72. The van der Waals surface area contributed by atoms with E-state index in [1.54, 1.807) is 11.0 Å². The summed E-state index contributed by atoms with van der Waals surface area (Å²) in [5.74, 6) is -0.126. The maximum absolute atomic E-state index is 12.1. The predicted molar refractivity (Wildman–Crippen MR) is 88.3 cm³/mol. The zero-order chi connectivity index (χ0) is 15.9. The monoisotopic (exact) mass is 327 g/mol. The maximum Gasteiger partial charge on any atom is 0.270 e. The zero-order valence-electron chi connectivity index (χ0n) is 12.6. The lowest BCUT2D eigenvalue weighted by Gasteiger charge is -2.03. The minimum absolute atomic E-state index is 0.126.